The molecule has 162 valence electrons. The van der Waals surface area contributed by atoms with Gasteiger partial charge in [-0.05, 0) is 62.0 Å². The Morgan fingerprint density at radius 3 is 2.68 bits per heavy atom. The highest BCUT2D eigenvalue weighted by Gasteiger charge is 2.69. The molecule has 5 rings (SSSR count). The molecule has 5 heteroatoms. The van der Waals surface area contributed by atoms with Crippen LogP contribution in [0.15, 0.2) is 66.0 Å². The molecule has 0 radical (unpaired) electrons. The summed E-state index contributed by atoms with van der Waals surface area (Å²) in [6.07, 6.45) is 7.56. The monoisotopic (exact) mass is 422 g/mol. The van der Waals surface area contributed by atoms with Crippen molar-refractivity contribution >= 4 is 11.8 Å². The number of halogens is 1. The van der Waals surface area contributed by atoms with E-state index >= 15 is 4.39 Å². The standard InChI is InChI=1S/C26H27FO4/c1-24-15-22(29)26(27)20(19(24)10-11-21(24)28)9-8-17-14-18(12-13-25(17,26)2)31-23(30)16-6-4-3-5-7-16/h3-8,12-14,19-20,22,29H,9-11,15H2,1-2H3/t19-,20-,22-,24-,25-,26-/m0/s1. The van der Waals surface area contributed by atoms with Gasteiger partial charge in [0.15, 0.2) is 5.67 Å². The smallest absolute Gasteiger partial charge is 0.343 e. The number of rotatable bonds is 2. The Bertz CT molecular complexity index is 1040. The molecule has 0 saturated heterocycles. The molecule has 1 aromatic carbocycles. The average Bonchev–Trinajstić information content (AvgIpc) is 3.04. The van der Waals surface area contributed by atoms with Gasteiger partial charge >= 0.3 is 5.97 Å². The molecule has 31 heavy (non-hydrogen) atoms. The number of aliphatic hydroxyl groups excluding tert-OH is 1. The Morgan fingerprint density at radius 2 is 1.94 bits per heavy atom. The first-order valence-corrected chi connectivity index (χ1v) is 11.0. The van der Waals surface area contributed by atoms with Gasteiger partial charge in [-0.3, -0.25) is 4.79 Å². The van der Waals surface area contributed by atoms with E-state index in [-0.39, 0.29) is 18.1 Å². The van der Waals surface area contributed by atoms with E-state index in [0.717, 1.165) is 0 Å². The summed E-state index contributed by atoms with van der Waals surface area (Å²) in [5.41, 5.74) is -2.43. The van der Waals surface area contributed by atoms with Gasteiger partial charge < -0.3 is 9.84 Å². The minimum atomic E-state index is -1.88. The third kappa shape index (κ3) is 2.68. The molecule has 0 amide bonds. The molecule has 1 N–H and O–H groups in total. The van der Waals surface area contributed by atoms with Gasteiger partial charge in [0.25, 0.3) is 0 Å². The lowest BCUT2D eigenvalue weighted by Crippen LogP contribution is -2.65. The minimum Gasteiger partial charge on any atom is -0.423 e. The van der Waals surface area contributed by atoms with E-state index in [2.05, 4.69) is 0 Å². The normalized spacial score (nSPS) is 40.9. The number of ketones is 1. The fourth-order valence-electron chi connectivity index (χ4n) is 6.54. The van der Waals surface area contributed by atoms with Gasteiger partial charge in [-0.1, -0.05) is 37.3 Å². The summed E-state index contributed by atoms with van der Waals surface area (Å²) < 4.78 is 22.5. The lowest BCUT2D eigenvalue weighted by atomic mass is 9.47. The molecule has 0 spiro atoms. The minimum absolute atomic E-state index is 0.0716. The summed E-state index contributed by atoms with van der Waals surface area (Å²) in [4.78, 5) is 25.0. The van der Waals surface area contributed by atoms with Crippen molar-refractivity contribution in [2.45, 2.75) is 51.3 Å². The van der Waals surface area contributed by atoms with Crippen molar-refractivity contribution in [1.82, 2.24) is 0 Å². The molecule has 4 nitrogen and oxygen atoms in total. The number of alkyl halides is 1. The van der Waals surface area contributed by atoms with E-state index in [1.807, 2.05) is 19.1 Å². The number of Topliss-reactive ketones (excluding diaryl/α,β-unsaturated/α-hetero) is 1. The lowest BCUT2D eigenvalue weighted by molar-refractivity contribution is -0.182. The fourth-order valence-corrected chi connectivity index (χ4v) is 6.54. The van der Waals surface area contributed by atoms with Crippen molar-refractivity contribution in [2.75, 3.05) is 0 Å². The zero-order chi connectivity index (χ0) is 22.0. The molecule has 2 fully saturated rings. The van der Waals surface area contributed by atoms with E-state index in [9.17, 15) is 14.7 Å². The van der Waals surface area contributed by atoms with Crippen molar-refractivity contribution in [3.05, 3.63) is 71.5 Å². The SMILES string of the molecule is C[C@]12C=CC(OC(=O)c3ccccc3)=CC1=CC[C@H]1[C@@H]3CCC(=O)[C@@]3(C)C[C@H](O)[C@@]12F. The van der Waals surface area contributed by atoms with Crippen LogP contribution in [0.1, 0.15) is 49.9 Å². The number of aliphatic hydroxyl groups is 1. The summed E-state index contributed by atoms with van der Waals surface area (Å²) in [5, 5.41) is 11.1. The van der Waals surface area contributed by atoms with Crippen LogP contribution in [-0.4, -0.2) is 28.6 Å². The maximum absolute atomic E-state index is 16.9. The van der Waals surface area contributed by atoms with Crippen LogP contribution in [0.2, 0.25) is 0 Å². The molecule has 0 unspecified atom stereocenters. The van der Waals surface area contributed by atoms with Crippen LogP contribution in [0, 0.1) is 22.7 Å². The van der Waals surface area contributed by atoms with Crippen molar-refractivity contribution in [3.63, 3.8) is 0 Å². The third-order valence-electron chi connectivity index (χ3n) is 8.35. The second kappa shape index (κ2) is 6.73. The van der Waals surface area contributed by atoms with Gasteiger partial charge in [0.1, 0.15) is 11.5 Å². The summed E-state index contributed by atoms with van der Waals surface area (Å²) in [5.74, 6) is -0.466. The summed E-state index contributed by atoms with van der Waals surface area (Å²) >= 11 is 0. The highest BCUT2D eigenvalue weighted by Crippen LogP contribution is 2.66. The van der Waals surface area contributed by atoms with Crippen LogP contribution in [0.25, 0.3) is 0 Å². The van der Waals surface area contributed by atoms with E-state index in [0.29, 0.717) is 36.2 Å². The van der Waals surface area contributed by atoms with Gasteiger partial charge in [-0.25, -0.2) is 9.18 Å². The molecule has 4 aliphatic rings. The van der Waals surface area contributed by atoms with Crippen molar-refractivity contribution in [2.24, 2.45) is 22.7 Å². The zero-order valence-electron chi connectivity index (χ0n) is 17.8. The van der Waals surface area contributed by atoms with Crippen LogP contribution in [0.3, 0.4) is 0 Å². The Labute approximate surface area is 181 Å². The number of fused-ring (bicyclic) bond motifs is 5. The molecular formula is C26H27FO4. The second-order valence-electron chi connectivity index (χ2n) is 9.81. The maximum Gasteiger partial charge on any atom is 0.343 e. The van der Waals surface area contributed by atoms with Crippen LogP contribution in [0.5, 0.6) is 0 Å². The molecule has 2 saturated carbocycles. The molecular weight excluding hydrogens is 395 g/mol. The van der Waals surface area contributed by atoms with Gasteiger partial charge in [0.05, 0.1) is 11.7 Å². The van der Waals surface area contributed by atoms with Gasteiger partial charge in [-0.2, -0.15) is 0 Å². The van der Waals surface area contributed by atoms with E-state index in [1.54, 1.807) is 49.4 Å². The highest BCUT2D eigenvalue weighted by molar-refractivity contribution is 5.90. The molecule has 1 aromatic rings. The van der Waals surface area contributed by atoms with Crippen molar-refractivity contribution < 1.29 is 23.8 Å². The van der Waals surface area contributed by atoms with Gasteiger partial charge in [-0.15, -0.1) is 0 Å². The highest BCUT2D eigenvalue weighted by atomic mass is 19.1. The molecule has 4 aliphatic carbocycles. The van der Waals surface area contributed by atoms with Crippen LogP contribution >= 0.6 is 0 Å². The summed E-state index contributed by atoms with van der Waals surface area (Å²) in [6.45, 7) is 3.70. The molecule has 6 atom stereocenters. The Balaban J connectivity index is 1.48. The van der Waals surface area contributed by atoms with Crippen molar-refractivity contribution in [3.8, 4) is 0 Å². The Morgan fingerprint density at radius 1 is 1.19 bits per heavy atom. The molecule has 0 heterocycles. The number of carbonyl (C=O) groups is 2. The first-order chi connectivity index (χ1) is 14.7. The Kier molecular flexibility index (Phi) is 4.43. The predicted octanol–water partition coefficient (Wildman–Crippen LogP) is 4.71. The van der Waals surface area contributed by atoms with Gasteiger partial charge in [0.2, 0.25) is 0 Å². The number of allylic oxidation sites excluding steroid dienone is 5. The lowest BCUT2D eigenvalue weighted by Gasteiger charge is -2.59. The third-order valence-corrected chi connectivity index (χ3v) is 8.35. The average molecular weight is 422 g/mol. The number of ether oxygens (including phenoxy) is 1. The number of benzene rings is 1. The largest absolute Gasteiger partial charge is 0.423 e. The predicted molar refractivity (Wildman–Crippen MR) is 114 cm³/mol. The summed E-state index contributed by atoms with van der Waals surface area (Å²) in [6, 6.07) is 8.71. The van der Waals surface area contributed by atoms with Crippen LogP contribution in [-0.2, 0) is 9.53 Å². The van der Waals surface area contributed by atoms with E-state index in [1.165, 1.54) is 0 Å². The summed E-state index contributed by atoms with van der Waals surface area (Å²) in [7, 11) is 0. The Hall–Kier alpha value is -2.53. The quantitative estimate of drug-likeness (QED) is 0.702. The second-order valence-corrected chi connectivity index (χ2v) is 9.81. The first-order valence-electron chi connectivity index (χ1n) is 11.0. The zero-order valence-corrected chi connectivity index (χ0v) is 17.8. The maximum atomic E-state index is 16.9. The number of carbonyl (C=O) groups excluding carboxylic acids is 2. The van der Waals surface area contributed by atoms with Gasteiger partial charge in [0, 0.05) is 23.2 Å². The first kappa shape index (κ1) is 20.4. The van der Waals surface area contributed by atoms with Crippen LogP contribution in [0.4, 0.5) is 4.39 Å². The van der Waals surface area contributed by atoms with Crippen LogP contribution < -0.4 is 0 Å². The molecule has 0 aliphatic heterocycles. The number of esters is 1. The molecule has 0 bridgehead atoms. The number of hydrogen-bond acceptors (Lipinski definition) is 4. The number of hydrogen-bond donors (Lipinski definition) is 1. The fraction of sp³-hybridized carbons (Fsp3) is 0.462. The van der Waals surface area contributed by atoms with E-state index < -0.39 is 34.5 Å². The van der Waals surface area contributed by atoms with Crippen molar-refractivity contribution in [1.29, 1.82) is 0 Å². The van der Waals surface area contributed by atoms with E-state index in [4.69, 9.17) is 4.74 Å². The topological polar surface area (TPSA) is 63.6 Å². The molecule has 0 aromatic heterocycles.